The van der Waals surface area contributed by atoms with Crippen molar-refractivity contribution in [2.24, 2.45) is 7.05 Å². The van der Waals surface area contributed by atoms with Gasteiger partial charge in [0.15, 0.2) is 0 Å². The largest absolute Gasteiger partial charge is 0.385 e. The first-order chi connectivity index (χ1) is 9.46. The zero-order valence-corrected chi connectivity index (χ0v) is 12.8. The number of benzene rings is 1. The Morgan fingerprint density at radius 3 is 2.30 bits per heavy atom. The Bertz CT molecular complexity index is 567. The number of aromatic nitrogens is 2. The number of hydrogen-bond acceptors (Lipinski definition) is 2. The summed E-state index contributed by atoms with van der Waals surface area (Å²) in [5, 5.41) is 15.2. The summed E-state index contributed by atoms with van der Waals surface area (Å²) in [6.45, 7) is 6.09. The van der Waals surface area contributed by atoms with Gasteiger partial charge < -0.3 is 5.11 Å². The fourth-order valence-electron chi connectivity index (χ4n) is 2.46. The summed E-state index contributed by atoms with van der Waals surface area (Å²) in [5.41, 5.74) is 3.50. The number of nitrogens with zero attached hydrogens (tertiary/aromatic N) is 2. The maximum Gasteiger partial charge on any atom is 0.0923 e. The highest BCUT2D eigenvalue weighted by Crippen LogP contribution is 2.26. The van der Waals surface area contributed by atoms with E-state index < -0.39 is 5.60 Å². The van der Waals surface area contributed by atoms with Gasteiger partial charge in [-0.2, -0.15) is 5.10 Å². The van der Waals surface area contributed by atoms with Crippen LogP contribution in [-0.2, 0) is 31.9 Å². The molecule has 20 heavy (non-hydrogen) atoms. The van der Waals surface area contributed by atoms with Gasteiger partial charge in [-0.15, -0.1) is 0 Å². The second-order valence-corrected chi connectivity index (χ2v) is 5.61. The number of aliphatic hydroxyl groups is 1. The van der Waals surface area contributed by atoms with Gasteiger partial charge in [-0.25, -0.2) is 0 Å². The first kappa shape index (κ1) is 14.8. The summed E-state index contributed by atoms with van der Waals surface area (Å²) in [6.07, 6.45) is 2.51. The maximum atomic E-state index is 10.8. The second kappa shape index (κ2) is 5.80. The molecule has 1 heterocycles. The molecule has 108 valence electrons. The highest BCUT2D eigenvalue weighted by Gasteiger charge is 2.25. The molecule has 1 N–H and O–H groups in total. The van der Waals surface area contributed by atoms with E-state index >= 15 is 0 Å². The minimum atomic E-state index is -0.870. The fraction of sp³-hybridized carbons (Fsp3) is 0.471. The van der Waals surface area contributed by atoms with Crippen molar-refractivity contribution in [1.29, 1.82) is 0 Å². The highest BCUT2D eigenvalue weighted by molar-refractivity contribution is 5.28. The predicted molar refractivity (Wildman–Crippen MR) is 81.7 cm³/mol. The number of aryl methyl sites for hydroxylation is 3. The third-order valence-corrected chi connectivity index (χ3v) is 3.90. The minimum absolute atomic E-state index is 0.571. The van der Waals surface area contributed by atoms with E-state index in [-0.39, 0.29) is 0 Å². The molecule has 1 atom stereocenters. The summed E-state index contributed by atoms with van der Waals surface area (Å²) in [4.78, 5) is 0. The van der Waals surface area contributed by atoms with Crippen LogP contribution in [0.2, 0.25) is 0 Å². The first-order valence-electron chi connectivity index (χ1n) is 7.30. The third-order valence-electron chi connectivity index (χ3n) is 3.90. The molecule has 3 heteroatoms. The SMILES string of the molecule is CCc1ccc(C(C)(O)Cc2cc(CC)nn2C)cc1. The monoisotopic (exact) mass is 272 g/mol. The lowest BCUT2D eigenvalue weighted by molar-refractivity contribution is 0.0556. The minimum Gasteiger partial charge on any atom is -0.385 e. The molecular formula is C17H24N2O. The van der Waals surface area contributed by atoms with Crippen molar-refractivity contribution in [2.75, 3.05) is 0 Å². The molecule has 0 amide bonds. The van der Waals surface area contributed by atoms with Crippen molar-refractivity contribution >= 4 is 0 Å². The molecule has 0 radical (unpaired) electrons. The van der Waals surface area contributed by atoms with E-state index in [1.807, 2.05) is 30.8 Å². The van der Waals surface area contributed by atoms with E-state index in [2.05, 4.69) is 37.1 Å². The number of rotatable bonds is 5. The molecule has 0 aliphatic heterocycles. The zero-order chi connectivity index (χ0) is 14.8. The van der Waals surface area contributed by atoms with Gasteiger partial charge in [-0.3, -0.25) is 4.68 Å². The van der Waals surface area contributed by atoms with Gasteiger partial charge in [-0.05, 0) is 37.0 Å². The van der Waals surface area contributed by atoms with Crippen molar-refractivity contribution in [3.05, 3.63) is 52.8 Å². The normalized spacial score (nSPS) is 14.2. The zero-order valence-electron chi connectivity index (χ0n) is 12.8. The average molecular weight is 272 g/mol. The van der Waals surface area contributed by atoms with E-state index in [0.29, 0.717) is 6.42 Å². The average Bonchev–Trinajstić information content (AvgIpc) is 2.79. The van der Waals surface area contributed by atoms with Crippen LogP contribution in [0.3, 0.4) is 0 Å². The first-order valence-corrected chi connectivity index (χ1v) is 7.30. The lowest BCUT2D eigenvalue weighted by Crippen LogP contribution is -2.25. The van der Waals surface area contributed by atoms with Gasteiger partial charge in [0.1, 0.15) is 0 Å². The molecule has 0 saturated heterocycles. The topological polar surface area (TPSA) is 38.1 Å². The summed E-state index contributed by atoms with van der Waals surface area (Å²) in [7, 11) is 1.94. The molecule has 0 spiro atoms. The molecule has 2 rings (SSSR count). The molecule has 1 aromatic carbocycles. The Labute approximate surface area is 121 Å². The molecule has 0 fully saturated rings. The van der Waals surface area contributed by atoms with Crippen LogP contribution in [0.1, 0.15) is 43.3 Å². The van der Waals surface area contributed by atoms with Gasteiger partial charge in [0, 0.05) is 19.2 Å². The predicted octanol–water partition coefficient (Wildman–Crippen LogP) is 3.00. The molecule has 0 bridgehead atoms. The lowest BCUT2D eigenvalue weighted by atomic mass is 9.90. The Morgan fingerprint density at radius 1 is 1.15 bits per heavy atom. The lowest BCUT2D eigenvalue weighted by Gasteiger charge is -2.24. The molecule has 0 saturated carbocycles. The smallest absolute Gasteiger partial charge is 0.0923 e. The Kier molecular flexibility index (Phi) is 4.29. The molecule has 2 aromatic rings. The molecule has 0 aliphatic rings. The summed E-state index contributed by atoms with van der Waals surface area (Å²) < 4.78 is 1.87. The van der Waals surface area contributed by atoms with Crippen LogP contribution in [0.4, 0.5) is 0 Å². The highest BCUT2D eigenvalue weighted by atomic mass is 16.3. The van der Waals surface area contributed by atoms with Crippen molar-refractivity contribution < 1.29 is 5.11 Å². The van der Waals surface area contributed by atoms with Crippen LogP contribution in [0, 0.1) is 0 Å². The van der Waals surface area contributed by atoms with Crippen LogP contribution in [-0.4, -0.2) is 14.9 Å². The molecule has 3 nitrogen and oxygen atoms in total. The molecule has 0 aliphatic carbocycles. The van der Waals surface area contributed by atoms with Gasteiger partial charge in [0.2, 0.25) is 0 Å². The Morgan fingerprint density at radius 2 is 1.80 bits per heavy atom. The second-order valence-electron chi connectivity index (χ2n) is 5.61. The maximum absolute atomic E-state index is 10.8. The fourth-order valence-corrected chi connectivity index (χ4v) is 2.46. The molecule has 1 aromatic heterocycles. The van der Waals surface area contributed by atoms with Crippen molar-refractivity contribution in [3.8, 4) is 0 Å². The van der Waals surface area contributed by atoms with Crippen LogP contribution in [0.5, 0.6) is 0 Å². The summed E-state index contributed by atoms with van der Waals surface area (Å²) in [5.74, 6) is 0. The quantitative estimate of drug-likeness (QED) is 0.908. The Hall–Kier alpha value is -1.61. The van der Waals surface area contributed by atoms with E-state index in [4.69, 9.17) is 0 Å². The van der Waals surface area contributed by atoms with E-state index in [1.54, 1.807) is 0 Å². The Balaban J connectivity index is 2.22. The third kappa shape index (κ3) is 3.10. The van der Waals surface area contributed by atoms with Gasteiger partial charge >= 0.3 is 0 Å². The molecular weight excluding hydrogens is 248 g/mol. The van der Waals surface area contributed by atoms with E-state index in [0.717, 1.165) is 29.8 Å². The van der Waals surface area contributed by atoms with E-state index in [9.17, 15) is 5.11 Å². The number of hydrogen-bond donors (Lipinski definition) is 1. The van der Waals surface area contributed by atoms with Crippen LogP contribution in [0.25, 0.3) is 0 Å². The summed E-state index contributed by atoms with van der Waals surface area (Å²) in [6, 6.07) is 10.3. The van der Waals surface area contributed by atoms with Crippen LogP contribution in [0.15, 0.2) is 30.3 Å². The standard InChI is InChI=1S/C17H24N2O/c1-5-13-7-9-14(10-8-13)17(3,20)12-16-11-15(6-2)18-19(16)4/h7-11,20H,5-6,12H2,1-4H3. The van der Waals surface area contributed by atoms with Crippen molar-refractivity contribution in [2.45, 2.75) is 45.6 Å². The van der Waals surface area contributed by atoms with Crippen molar-refractivity contribution in [1.82, 2.24) is 9.78 Å². The van der Waals surface area contributed by atoms with Gasteiger partial charge in [0.25, 0.3) is 0 Å². The van der Waals surface area contributed by atoms with Crippen molar-refractivity contribution in [3.63, 3.8) is 0 Å². The van der Waals surface area contributed by atoms with Gasteiger partial charge in [-0.1, -0.05) is 38.1 Å². The summed E-state index contributed by atoms with van der Waals surface area (Å²) >= 11 is 0. The van der Waals surface area contributed by atoms with Crippen LogP contribution < -0.4 is 0 Å². The van der Waals surface area contributed by atoms with Gasteiger partial charge in [0.05, 0.1) is 11.3 Å². The molecule has 1 unspecified atom stereocenters. The van der Waals surface area contributed by atoms with Crippen LogP contribution >= 0.6 is 0 Å². The van der Waals surface area contributed by atoms with E-state index in [1.165, 1.54) is 5.56 Å².